The molecule has 0 aromatic rings. The van der Waals surface area contributed by atoms with Gasteiger partial charge in [-0.25, -0.2) is 14.4 Å². The number of fused-ring (bicyclic) bond motifs is 2. The van der Waals surface area contributed by atoms with Crippen LogP contribution in [0.1, 0.15) is 26.2 Å². The Morgan fingerprint density at radius 1 is 1.11 bits per heavy atom. The molecule has 3 rings (SSSR count). The zero-order valence-corrected chi connectivity index (χ0v) is 16.3. The van der Waals surface area contributed by atoms with E-state index in [2.05, 4.69) is 15.4 Å². The highest BCUT2D eigenvalue weighted by molar-refractivity contribution is 5.89. The Balaban J connectivity index is 1.70. The molecule has 2 aliphatic carbocycles. The minimum absolute atomic E-state index is 0.0275. The Bertz CT molecular complexity index is 693. The van der Waals surface area contributed by atoms with Crippen LogP contribution < -0.4 is 10.6 Å². The lowest BCUT2D eigenvalue weighted by molar-refractivity contribution is -0.153. The number of allylic oxidation sites excluding steroid dienone is 1. The first-order valence-electron chi connectivity index (χ1n) is 9.58. The average molecular weight is 393 g/mol. The summed E-state index contributed by atoms with van der Waals surface area (Å²) in [4.78, 5) is 50.8. The van der Waals surface area contributed by atoms with Gasteiger partial charge in [0.1, 0.15) is 12.1 Å². The summed E-state index contributed by atoms with van der Waals surface area (Å²) in [7, 11) is 2.57. The van der Waals surface area contributed by atoms with Crippen LogP contribution in [-0.2, 0) is 23.9 Å². The van der Waals surface area contributed by atoms with Crippen molar-refractivity contribution >= 4 is 23.9 Å². The number of nitrogens with one attached hydrogen (secondary N) is 2. The standard InChI is InChI=1S/C19H27N3O6/c1-10(17(24)27-2)20-19(26)21-15-12-7-6-11(9-12)14(15)16(23)22-8-4-5-13(22)18(25)28-3/h6-7,10-15H,4-5,8-9H2,1-3H3,(H2,20,21,26)/t10-,11+,12-,13-,14+,15-/m0/s1. The van der Waals surface area contributed by atoms with Gasteiger partial charge in [-0.3, -0.25) is 4.79 Å². The van der Waals surface area contributed by atoms with Gasteiger partial charge >= 0.3 is 18.0 Å². The van der Waals surface area contributed by atoms with Gasteiger partial charge in [-0.2, -0.15) is 0 Å². The minimum atomic E-state index is -0.796. The van der Waals surface area contributed by atoms with Gasteiger partial charge < -0.3 is 25.0 Å². The summed E-state index contributed by atoms with van der Waals surface area (Å²) in [6.45, 7) is 2.04. The van der Waals surface area contributed by atoms with Crippen molar-refractivity contribution in [2.45, 2.75) is 44.3 Å². The third kappa shape index (κ3) is 3.70. The molecule has 1 saturated carbocycles. The molecule has 1 aliphatic heterocycles. The van der Waals surface area contributed by atoms with E-state index in [0.29, 0.717) is 13.0 Å². The van der Waals surface area contributed by atoms with Crippen molar-refractivity contribution < 1.29 is 28.7 Å². The quantitative estimate of drug-likeness (QED) is 0.510. The van der Waals surface area contributed by atoms with Crippen LogP contribution in [0.2, 0.25) is 0 Å². The van der Waals surface area contributed by atoms with E-state index in [-0.39, 0.29) is 23.8 Å². The third-order valence-corrected chi connectivity index (χ3v) is 5.95. The van der Waals surface area contributed by atoms with Gasteiger partial charge in [-0.15, -0.1) is 0 Å². The molecule has 0 aromatic carbocycles. The molecular weight excluding hydrogens is 366 g/mol. The van der Waals surface area contributed by atoms with Crippen molar-refractivity contribution in [1.82, 2.24) is 15.5 Å². The number of urea groups is 1. The number of carbonyl (C=O) groups is 4. The molecule has 2 fully saturated rings. The predicted molar refractivity (Wildman–Crippen MR) is 97.9 cm³/mol. The van der Waals surface area contributed by atoms with Crippen LogP contribution in [-0.4, -0.2) is 67.7 Å². The lowest BCUT2D eigenvalue weighted by Crippen LogP contribution is -2.55. The number of likely N-dealkylation sites (tertiary alicyclic amines) is 1. The Labute approximate surface area is 163 Å². The molecule has 0 unspecified atom stereocenters. The van der Waals surface area contributed by atoms with Crippen LogP contribution in [0.15, 0.2) is 12.2 Å². The number of hydrogen-bond acceptors (Lipinski definition) is 6. The summed E-state index contributed by atoms with van der Waals surface area (Å²) in [5.74, 6) is -1.43. The number of rotatable bonds is 5. The van der Waals surface area contributed by atoms with E-state index in [1.807, 2.05) is 12.2 Å². The molecule has 9 nitrogen and oxygen atoms in total. The van der Waals surface area contributed by atoms with Gasteiger partial charge in [0.25, 0.3) is 0 Å². The van der Waals surface area contributed by atoms with Crippen LogP contribution in [0.5, 0.6) is 0 Å². The highest BCUT2D eigenvalue weighted by Gasteiger charge is 2.51. The summed E-state index contributed by atoms with van der Waals surface area (Å²) >= 11 is 0. The van der Waals surface area contributed by atoms with Crippen molar-refractivity contribution in [3.05, 3.63) is 12.2 Å². The van der Waals surface area contributed by atoms with E-state index in [0.717, 1.165) is 12.8 Å². The molecule has 3 amide bonds. The van der Waals surface area contributed by atoms with Crippen molar-refractivity contribution in [2.75, 3.05) is 20.8 Å². The van der Waals surface area contributed by atoms with Crippen molar-refractivity contribution in [2.24, 2.45) is 17.8 Å². The Morgan fingerprint density at radius 3 is 2.50 bits per heavy atom. The minimum Gasteiger partial charge on any atom is -0.467 e. The molecule has 3 aliphatic rings. The molecule has 154 valence electrons. The number of carbonyl (C=O) groups excluding carboxylic acids is 4. The maximum absolute atomic E-state index is 13.3. The first-order valence-corrected chi connectivity index (χ1v) is 9.58. The van der Waals surface area contributed by atoms with Gasteiger partial charge in [0.05, 0.1) is 20.1 Å². The number of ether oxygens (including phenoxy) is 2. The molecule has 1 saturated heterocycles. The monoisotopic (exact) mass is 393 g/mol. The second-order valence-electron chi connectivity index (χ2n) is 7.58. The van der Waals surface area contributed by atoms with Gasteiger partial charge in [0, 0.05) is 12.6 Å². The van der Waals surface area contributed by atoms with Crippen molar-refractivity contribution in [3.63, 3.8) is 0 Å². The lowest BCUT2D eigenvalue weighted by Gasteiger charge is -2.33. The van der Waals surface area contributed by atoms with Crippen LogP contribution >= 0.6 is 0 Å². The molecule has 0 aromatic heterocycles. The molecule has 6 atom stereocenters. The largest absolute Gasteiger partial charge is 0.467 e. The van der Waals surface area contributed by atoms with Crippen LogP contribution in [0.25, 0.3) is 0 Å². The van der Waals surface area contributed by atoms with E-state index in [9.17, 15) is 19.2 Å². The zero-order chi connectivity index (χ0) is 20.4. The maximum Gasteiger partial charge on any atom is 0.328 e. The number of esters is 2. The topological polar surface area (TPSA) is 114 Å². The van der Waals surface area contributed by atoms with Gasteiger partial charge in [0.15, 0.2) is 0 Å². The van der Waals surface area contributed by atoms with Crippen molar-refractivity contribution in [3.8, 4) is 0 Å². The highest BCUT2D eigenvalue weighted by atomic mass is 16.5. The molecule has 2 bridgehead atoms. The summed E-state index contributed by atoms with van der Waals surface area (Å²) in [5, 5.41) is 5.39. The van der Waals surface area contributed by atoms with Crippen molar-refractivity contribution in [1.29, 1.82) is 0 Å². The predicted octanol–water partition coefficient (Wildman–Crippen LogP) is 0.202. The van der Waals surface area contributed by atoms with E-state index < -0.39 is 36.0 Å². The second kappa shape index (κ2) is 8.20. The first kappa shape index (κ1) is 20.2. The SMILES string of the molecule is COC(=O)[C@H](C)NC(=O)N[C@@H]1[C@H](C(=O)N2CCC[C@H]2C(=O)OC)[C@@H]2C=C[C@H]1C2. The number of hydrogen-bond donors (Lipinski definition) is 2. The number of methoxy groups -OCH3 is 2. The van der Waals surface area contributed by atoms with E-state index in [1.165, 1.54) is 21.1 Å². The molecular formula is C19H27N3O6. The summed E-state index contributed by atoms with van der Waals surface area (Å²) in [6.07, 6.45) is 6.15. The smallest absolute Gasteiger partial charge is 0.328 e. The fourth-order valence-corrected chi connectivity index (χ4v) is 4.58. The Morgan fingerprint density at radius 2 is 1.82 bits per heavy atom. The number of nitrogens with zero attached hydrogens (tertiary/aromatic N) is 1. The van der Waals surface area contributed by atoms with Gasteiger partial charge in [-0.05, 0) is 38.0 Å². The van der Waals surface area contributed by atoms with E-state index in [1.54, 1.807) is 4.90 Å². The van der Waals surface area contributed by atoms with E-state index >= 15 is 0 Å². The highest BCUT2D eigenvalue weighted by Crippen LogP contribution is 2.45. The molecule has 0 radical (unpaired) electrons. The first-order chi connectivity index (χ1) is 13.4. The fourth-order valence-electron chi connectivity index (χ4n) is 4.58. The summed E-state index contributed by atoms with van der Waals surface area (Å²) in [6, 6.07) is -2.26. The average Bonchev–Trinajstić information content (AvgIpc) is 3.41. The molecule has 2 N–H and O–H groups in total. The molecule has 1 heterocycles. The maximum atomic E-state index is 13.3. The Kier molecular flexibility index (Phi) is 5.90. The normalized spacial score (nSPS) is 31.4. The molecule has 0 spiro atoms. The third-order valence-electron chi connectivity index (χ3n) is 5.95. The zero-order valence-electron chi connectivity index (χ0n) is 16.3. The lowest BCUT2D eigenvalue weighted by atomic mass is 9.87. The van der Waals surface area contributed by atoms with Gasteiger partial charge in [-0.1, -0.05) is 12.2 Å². The second-order valence-corrected chi connectivity index (χ2v) is 7.58. The Hall–Kier alpha value is -2.58. The van der Waals surface area contributed by atoms with E-state index in [4.69, 9.17) is 4.74 Å². The van der Waals surface area contributed by atoms with Crippen LogP contribution in [0, 0.1) is 17.8 Å². The van der Waals surface area contributed by atoms with Crippen LogP contribution in [0.4, 0.5) is 4.79 Å². The molecule has 28 heavy (non-hydrogen) atoms. The number of amides is 3. The fraction of sp³-hybridized carbons (Fsp3) is 0.684. The van der Waals surface area contributed by atoms with Crippen LogP contribution in [0.3, 0.4) is 0 Å². The summed E-state index contributed by atoms with van der Waals surface area (Å²) < 4.78 is 9.44. The summed E-state index contributed by atoms with van der Waals surface area (Å²) in [5.41, 5.74) is 0. The van der Waals surface area contributed by atoms with Gasteiger partial charge in [0.2, 0.25) is 5.91 Å². The molecule has 9 heteroatoms.